The molecule has 29 heavy (non-hydrogen) atoms. The molecule has 0 saturated carbocycles. The molecule has 0 amide bonds. The van der Waals surface area contributed by atoms with E-state index in [-0.39, 0.29) is 34.7 Å². The quantitative estimate of drug-likeness (QED) is 0.459. The monoisotopic (exact) mass is 392 g/mol. The number of benzene rings is 3. The summed E-state index contributed by atoms with van der Waals surface area (Å²) in [5.74, 6) is -0.140. The normalized spacial score (nSPS) is 15.5. The van der Waals surface area contributed by atoms with Gasteiger partial charge < -0.3 is 30.3 Å². The van der Waals surface area contributed by atoms with Crippen molar-refractivity contribution in [2.45, 2.75) is 12.3 Å². The van der Waals surface area contributed by atoms with E-state index in [0.717, 1.165) is 16.7 Å². The number of allylic oxidation sites excluding steroid dienone is 1. The highest BCUT2D eigenvalue weighted by molar-refractivity contribution is 5.90. The molecule has 1 atom stereocenters. The number of phenols is 5. The minimum atomic E-state index is -0.237. The summed E-state index contributed by atoms with van der Waals surface area (Å²) in [5.41, 5.74) is 3.52. The number of fused-ring (bicyclic) bond motifs is 1. The third kappa shape index (κ3) is 3.40. The predicted molar refractivity (Wildman–Crippen MR) is 109 cm³/mol. The van der Waals surface area contributed by atoms with E-state index in [4.69, 9.17) is 4.74 Å². The van der Waals surface area contributed by atoms with Crippen molar-refractivity contribution in [3.8, 4) is 34.5 Å². The standard InChI is InChI=1S/C23H20O6/c1-29-23-8-12(2-3-21(23)27)18-7-14-6-17(26)10-22(28)20(14)11-19(18)13-4-15(24)9-16(25)5-13/h2-6,8-11,18,24-28H,7H2,1H3. The Bertz CT molecular complexity index is 1110. The van der Waals surface area contributed by atoms with E-state index in [1.165, 1.54) is 19.2 Å². The van der Waals surface area contributed by atoms with Crippen molar-refractivity contribution in [1.82, 2.24) is 0 Å². The Kier molecular flexibility index (Phi) is 4.47. The van der Waals surface area contributed by atoms with Gasteiger partial charge in [-0.25, -0.2) is 0 Å². The predicted octanol–water partition coefficient (Wildman–Crippen LogP) is 4.10. The SMILES string of the molecule is COc1cc(C2Cc3cc(O)cc(O)c3C=C2c2cc(O)cc(O)c2)ccc1O. The van der Waals surface area contributed by atoms with Gasteiger partial charge in [0.15, 0.2) is 11.5 Å². The zero-order valence-corrected chi connectivity index (χ0v) is 15.6. The fourth-order valence-electron chi connectivity index (χ4n) is 3.86. The second-order valence-electron chi connectivity index (χ2n) is 7.06. The van der Waals surface area contributed by atoms with Crippen LogP contribution in [0.15, 0.2) is 48.5 Å². The summed E-state index contributed by atoms with van der Waals surface area (Å²) in [5, 5.41) is 50.1. The van der Waals surface area contributed by atoms with Gasteiger partial charge in [-0.3, -0.25) is 0 Å². The highest BCUT2D eigenvalue weighted by atomic mass is 16.5. The molecule has 0 fully saturated rings. The topological polar surface area (TPSA) is 110 Å². The summed E-state index contributed by atoms with van der Waals surface area (Å²) in [4.78, 5) is 0. The first-order valence-corrected chi connectivity index (χ1v) is 9.02. The van der Waals surface area contributed by atoms with Crippen LogP contribution in [0.3, 0.4) is 0 Å². The Balaban J connectivity index is 1.93. The number of methoxy groups -OCH3 is 1. The highest BCUT2D eigenvalue weighted by Gasteiger charge is 2.27. The number of aromatic hydroxyl groups is 5. The Morgan fingerprint density at radius 1 is 0.793 bits per heavy atom. The van der Waals surface area contributed by atoms with Crippen molar-refractivity contribution in [2.24, 2.45) is 0 Å². The summed E-state index contributed by atoms with van der Waals surface area (Å²) in [6, 6.07) is 12.2. The zero-order chi connectivity index (χ0) is 20.7. The second-order valence-corrected chi connectivity index (χ2v) is 7.06. The summed E-state index contributed by atoms with van der Waals surface area (Å²) >= 11 is 0. The van der Waals surface area contributed by atoms with Gasteiger partial charge in [-0.1, -0.05) is 6.07 Å². The van der Waals surface area contributed by atoms with Crippen LogP contribution in [0.1, 0.15) is 28.2 Å². The van der Waals surface area contributed by atoms with Gasteiger partial charge in [0.1, 0.15) is 23.0 Å². The summed E-state index contributed by atoms with van der Waals surface area (Å²) in [6.45, 7) is 0. The van der Waals surface area contributed by atoms with E-state index in [9.17, 15) is 25.5 Å². The Morgan fingerprint density at radius 3 is 2.17 bits per heavy atom. The summed E-state index contributed by atoms with van der Waals surface area (Å²) < 4.78 is 5.23. The number of hydrogen-bond donors (Lipinski definition) is 5. The first kappa shape index (κ1) is 18.6. The van der Waals surface area contributed by atoms with Crippen LogP contribution in [0.5, 0.6) is 34.5 Å². The molecule has 148 valence electrons. The van der Waals surface area contributed by atoms with E-state index < -0.39 is 0 Å². The molecule has 3 aromatic carbocycles. The lowest BCUT2D eigenvalue weighted by Gasteiger charge is -2.28. The van der Waals surface area contributed by atoms with Crippen LogP contribution < -0.4 is 4.74 Å². The van der Waals surface area contributed by atoms with Crippen LogP contribution in [0.2, 0.25) is 0 Å². The van der Waals surface area contributed by atoms with Crippen molar-refractivity contribution < 1.29 is 30.3 Å². The van der Waals surface area contributed by atoms with Gasteiger partial charge >= 0.3 is 0 Å². The Labute approximate surface area is 167 Å². The zero-order valence-electron chi connectivity index (χ0n) is 15.6. The van der Waals surface area contributed by atoms with E-state index in [2.05, 4.69) is 0 Å². The summed E-state index contributed by atoms with van der Waals surface area (Å²) in [7, 11) is 1.47. The molecule has 0 bridgehead atoms. The van der Waals surface area contributed by atoms with Gasteiger partial charge in [0, 0.05) is 23.6 Å². The highest BCUT2D eigenvalue weighted by Crippen LogP contribution is 2.46. The molecule has 1 aliphatic carbocycles. The van der Waals surface area contributed by atoms with Crippen LogP contribution in [0.4, 0.5) is 0 Å². The molecule has 5 N–H and O–H groups in total. The molecule has 6 nitrogen and oxygen atoms in total. The van der Waals surface area contributed by atoms with Crippen molar-refractivity contribution in [2.75, 3.05) is 7.11 Å². The largest absolute Gasteiger partial charge is 0.508 e. The van der Waals surface area contributed by atoms with Crippen LogP contribution in [-0.2, 0) is 6.42 Å². The van der Waals surface area contributed by atoms with Gasteiger partial charge in [-0.2, -0.15) is 0 Å². The van der Waals surface area contributed by atoms with E-state index in [1.807, 2.05) is 0 Å². The van der Waals surface area contributed by atoms with Gasteiger partial charge in [0.2, 0.25) is 0 Å². The molecule has 6 heteroatoms. The lowest BCUT2D eigenvalue weighted by atomic mass is 9.76. The van der Waals surface area contributed by atoms with Gasteiger partial charge in [-0.05, 0) is 65.1 Å². The maximum atomic E-state index is 10.3. The average Bonchev–Trinajstić information content (AvgIpc) is 2.66. The number of ether oxygens (including phenoxy) is 1. The maximum absolute atomic E-state index is 10.3. The molecular formula is C23H20O6. The van der Waals surface area contributed by atoms with Crippen molar-refractivity contribution in [1.29, 1.82) is 0 Å². The van der Waals surface area contributed by atoms with Crippen LogP contribution in [0, 0.1) is 0 Å². The van der Waals surface area contributed by atoms with Gasteiger partial charge in [0.05, 0.1) is 7.11 Å². The molecule has 1 aliphatic rings. The smallest absolute Gasteiger partial charge is 0.160 e. The molecule has 0 aliphatic heterocycles. The fourth-order valence-corrected chi connectivity index (χ4v) is 3.86. The average molecular weight is 392 g/mol. The van der Waals surface area contributed by atoms with Crippen molar-refractivity contribution in [3.05, 3.63) is 70.8 Å². The number of phenolic OH excluding ortho intramolecular Hbond substituents is 5. The Hall–Kier alpha value is -3.80. The van der Waals surface area contributed by atoms with Crippen LogP contribution in [0.25, 0.3) is 11.6 Å². The first-order chi connectivity index (χ1) is 13.9. The van der Waals surface area contributed by atoms with Crippen LogP contribution >= 0.6 is 0 Å². The third-order valence-corrected chi connectivity index (χ3v) is 5.17. The minimum absolute atomic E-state index is 0.0169. The lowest BCUT2D eigenvalue weighted by Crippen LogP contribution is -2.11. The van der Waals surface area contributed by atoms with Crippen LogP contribution in [-0.4, -0.2) is 32.6 Å². The molecule has 0 spiro atoms. The van der Waals surface area contributed by atoms with Gasteiger partial charge in [-0.15, -0.1) is 0 Å². The molecule has 4 rings (SSSR count). The van der Waals surface area contributed by atoms with E-state index in [1.54, 1.807) is 42.5 Å². The molecule has 0 heterocycles. The second kappa shape index (κ2) is 6.98. The molecule has 0 radical (unpaired) electrons. The number of hydrogen-bond acceptors (Lipinski definition) is 6. The number of rotatable bonds is 3. The fraction of sp³-hybridized carbons (Fsp3) is 0.130. The third-order valence-electron chi connectivity index (χ3n) is 5.17. The minimum Gasteiger partial charge on any atom is -0.508 e. The van der Waals surface area contributed by atoms with Gasteiger partial charge in [0.25, 0.3) is 0 Å². The Morgan fingerprint density at radius 2 is 1.48 bits per heavy atom. The summed E-state index contributed by atoms with van der Waals surface area (Å²) in [6.07, 6.45) is 2.24. The molecule has 0 aromatic heterocycles. The molecule has 3 aromatic rings. The molecule has 1 unspecified atom stereocenters. The molecule has 0 saturated heterocycles. The van der Waals surface area contributed by atoms with Crippen molar-refractivity contribution >= 4 is 11.6 Å². The van der Waals surface area contributed by atoms with E-state index >= 15 is 0 Å². The lowest BCUT2D eigenvalue weighted by molar-refractivity contribution is 0.373. The molecular weight excluding hydrogens is 372 g/mol. The van der Waals surface area contributed by atoms with Crippen molar-refractivity contribution in [3.63, 3.8) is 0 Å². The first-order valence-electron chi connectivity index (χ1n) is 9.02. The van der Waals surface area contributed by atoms with E-state index in [0.29, 0.717) is 23.3 Å². The maximum Gasteiger partial charge on any atom is 0.160 e.